The number of carbonyl (C=O) groups is 1. The molecule has 1 amide bonds. The Hall–Kier alpha value is -2.20. The first-order valence-corrected chi connectivity index (χ1v) is 10.9. The number of hydrogen-bond acceptors (Lipinski definition) is 6. The predicted molar refractivity (Wildman–Crippen MR) is 111 cm³/mol. The lowest BCUT2D eigenvalue weighted by Gasteiger charge is -2.11. The van der Waals surface area contributed by atoms with Crippen LogP contribution in [0.1, 0.15) is 21.5 Å². The molecule has 0 bridgehead atoms. The zero-order valence-corrected chi connectivity index (χ0v) is 17.8. The average molecular weight is 457 g/mol. The first kappa shape index (κ1) is 20.5. The molecule has 2 N–H and O–H groups in total. The first-order valence-electron chi connectivity index (χ1n) is 7.86. The number of rotatable bonds is 5. The fraction of sp³-hybridized carbons (Fsp3) is 0.118. The lowest BCUT2D eigenvalue weighted by atomic mass is 10.1. The third kappa shape index (κ3) is 4.44. The number of amides is 1. The van der Waals surface area contributed by atoms with Gasteiger partial charge in [0.1, 0.15) is 0 Å². The Bertz CT molecular complexity index is 1140. The van der Waals surface area contributed by atoms with Crippen molar-refractivity contribution in [3.8, 4) is 0 Å². The Morgan fingerprint density at radius 3 is 2.39 bits per heavy atom. The van der Waals surface area contributed by atoms with Crippen LogP contribution in [0.5, 0.6) is 0 Å². The van der Waals surface area contributed by atoms with Crippen LogP contribution >= 0.6 is 34.5 Å². The van der Waals surface area contributed by atoms with E-state index in [0.29, 0.717) is 10.7 Å². The molecule has 11 heteroatoms. The highest BCUT2D eigenvalue weighted by Gasteiger charge is 2.23. The number of carbonyl (C=O) groups excluding carboxylic acids is 1. The van der Waals surface area contributed by atoms with E-state index in [9.17, 15) is 13.2 Å². The summed E-state index contributed by atoms with van der Waals surface area (Å²) in [5.41, 5.74) is 2.22. The summed E-state index contributed by atoms with van der Waals surface area (Å²) in [5.74, 6) is -0.551. The molecule has 0 saturated heterocycles. The van der Waals surface area contributed by atoms with Gasteiger partial charge in [0, 0.05) is 5.02 Å². The highest BCUT2D eigenvalue weighted by molar-refractivity contribution is 7.94. The second-order valence-corrected chi connectivity index (χ2v) is 9.50. The molecule has 0 fully saturated rings. The summed E-state index contributed by atoms with van der Waals surface area (Å²) < 4.78 is 27.5. The van der Waals surface area contributed by atoms with Crippen molar-refractivity contribution < 1.29 is 13.2 Å². The van der Waals surface area contributed by atoms with Crippen LogP contribution in [0.2, 0.25) is 10.0 Å². The molecule has 0 atom stereocenters. The normalized spacial score (nSPS) is 11.3. The van der Waals surface area contributed by atoms with Crippen LogP contribution in [0.15, 0.2) is 40.7 Å². The quantitative estimate of drug-likeness (QED) is 0.549. The highest BCUT2D eigenvalue weighted by atomic mass is 35.5. The molecular weight excluding hydrogens is 443 g/mol. The third-order valence-corrected chi connectivity index (χ3v) is 6.85. The molecule has 3 rings (SSSR count). The molecule has 7 nitrogen and oxygen atoms in total. The summed E-state index contributed by atoms with van der Waals surface area (Å²) in [6.45, 7) is 3.60. The molecule has 0 aliphatic rings. The summed E-state index contributed by atoms with van der Waals surface area (Å²) in [7, 11) is -3.95. The highest BCUT2D eigenvalue weighted by Crippen LogP contribution is 2.27. The monoisotopic (exact) mass is 456 g/mol. The third-order valence-electron chi connectivity index (χ3n) is 3.75. The van der Waals surface area contributed by atoms with Crippen molar-refractivity contribution >= 4 is 61.3 Å². The van der Waals surface area contributed by atoms with Gasteiger partial charge in [-0.05, 0) is 43.2 Å². The number of benzene rings is 2. The van der Waals surface area contributed by atoms with E-state index in [1.54, 1.807) is 26.0 Å². The molecule has 0 unspecified atom stereocenters. The van der Waals surface area contributed by atoms with E-state index in [1.165, 1.54) is 18.2 Å². The minimum Gasteiger partial charge on any atom is -0.296 e. The van der Waals surface area contributed by atoms with Gasteiger partial charge in [-0.3, -0.25) is 14.8 Å². The molecule has 0 aliphatic heterocycles. The number of halogens is 2. The van der Waals surface area contributed by atoms with Gasteiger partial charge < -0.3 is 0 Å². The number of aromatic nitrogens is 2. The first-order chi connectivity index (χ1) is 13.2. The van der Waals surface area contributed by atoms with Crippen molar-refractivity contribution in [2.75, 3.05) is 10.0 Å². The van der Waals surface area contributed by atoms with Gasteiger partial charge in [-0.2, -0.15) is 8.42 Å². The lowest BCUT2D eigenvalue weighted by Crippen LogP contribution is -2.14. The summed E-state index contributed by atoms with van der Waals surface area (Å²) >= 11 is 12.5. The number of hydrogen-bond donors (Lipinski definition) is 2. The Balaban J connectivity index is 1.80. The number of para-hydroxylation sites is 1. The van der Waals surface area contributed by atoms with Gasteiger partial charge in [-0.1, -0.05) is 52.7 Å². The minimum atomic E-state index is -3.95. The SMILES string of the molecule is Cc1cccc(C)c1NS(=O)(=O)c1nnc(NC(=O)c2ccc(Cl)cc2Cl)s1. The fourth-order valence-corrected chi connectivity index (χ4v) is 4.95. The van der Waals surface area contributed by atoms with Crippen molar-refractivity contribution in [1.29, 1.82) is 0 Å². The summed E-state index contributed by atoms with van der Waals surface area (Å²) in [5, 5.41) is 10.5. The average Bonchev–Trinajstić information content (AvgIpc) is 3.07. The lowest BCUT2D eigenvalue weighted by molar-refractivity contribution is 0.102. The van der Waals surface area contributed by atoms with E-state index >= 15 is 0 Å². The number of aryl methyl sites for hydroxylation is 2. The van der Waals surface area contributed by atoms with Gasteiger partial charge in [-0.15, -0.1) is 10.2 Å². The van der Waals surface area contributed by atoms with Crippen LogP contribution in [0.4, 0.5) is 10.8 Å². The maximum Gasteiger partial charge on any atom is 0.291 e. The second-order valence-electron chi connectivity index (χ2n) is 5.82. The molecule has 146 valence electrons. The molecule has 1 aromatic heterocycles. The molecule has 1 heterocycles. The van der Waals surface area contributed by atoms with Crippen molar-refractivity contribution in [3.05, 3.63) is 63.1 Å². The minimum absolute atomic E-state index is 0.0258. The van der Waals surface area contributed by atoms with E-state index in [4.69, 9.17) is 23.2 Å². The van der Waals surface area contributed by atoms with Crippen molar-refractivity contribution in [2.24, 2.45) is 0 Å². The van der Waals surface area contributed by atoms with E-state index in [0.717, 1.165) is 22.5 Å². The van der Waals surface area contributed by atoms with Gasteiger partial charge >= 0.3 is 0 Å². The summed E-state index contributed by atoms with van der Waals surface area (Å²) in [6, 6.07) is 9.85. The fourth-order valence-electron chi connectivity index (χ4n) is 2.36. The van der Waals surface area contributed by atoms with Gasteiger partial charge in [0.25, 0.3) is 20.3 Å². The number of sulfonamides is 1. The second kappa shape index (κ2) is 8.04. The number of nitrogens with one attached hydrogen (secondary N) is 2. The molecule has 28 heavy (non-hydrogen) atoms. The Morgan fingerprint density at radius 1 is 1.07 bits per heavy atom. The summed E-state index contributed by atoms with van der Waals surface area (Å²) in [4.78, 5) is 12.3. The maximum atomic E-state index is 12.6. The van der Waals surface area contributed by atoms with E-state index in [-0.39, 0.29) is 20.1 Å². The van der Waals surface area contributed by atoms with Gasteiger partial charge in [0.2, 0.25) is 5.13 Å². The number of nitrogens with zero attached hydrogens (tertiary/aromatic N) is 2. The molecular formula is C17H14Cl2N4O3S2. The van der Waals surface area contributed by atoms with Crippen LogP contribution in [0.25, 0.3) is 0 Å². The van der Waals surface area contributed by atoms with Gasteiger partial charge in [0.15, 0.2) is 0 Å². The largest absolute Gasteiger partial charge is 0.296 e. The Morgan fingerprint density at radius 2 is 1.75 bits per heavy atom. The van der Waals surface area contributed by atoms with E-state index < -0.39 is 15.9 Å². The molecule has 0 radical (unpaired) electrons. The smallest absolute Gasteiger partial charge is 0.291 e. The van der Waals surface area contributed by atoms with Crippen molar-refractivity contribution in [2.45, 2.75) is 18.2 Å². The van der Waals surface area contributed by atoms with Crippen molar-refractivity contribution in [3.63, 3.8) is 0 Å². The van der Waals surface area contributed by atoms with E-state index in [1.807, 2.05) is 6.07 Å². The van der Waals surface area contributed by atoms with Crippen molar-refractivity contribution in [1.82, 2.24) is 10.2 Å². The molecule has 2 aromatic carbocycles. The van der Waals surface area contributed by atoms with E-state index in [2.05, 4.69) is 20.2 Å². The predicted octanol–water partition coefficient (Wildman–Crippen LogP) is 4.51. The van der Waals surface area contributed by atoms with Gasteiger partial charge in [-0.25, -0.2) is 0 Å². The number of anilines is 2. The Kier molecular flexibility index (Phi) is 5.90. The Labute approximate surface area is 175 Å². The topological polar surface area (TPSA) is 101 Å². The van der Waals surface area contributed by atoms with Gasteiger partial charge in [0.05, 0.1) is 16.3 Å². The molecule has 3 aromatic rings. The maximum absolute atomic E-state index is 12.6. The molecule has 0 aliphatic carbocycles. The van der Waals surface area contributed by atoms with Crippen LogP contribution in [0, 0.1) is 13.8 Å². The van der Waals surface area contributed by atoms with Crippen LogP contribution in [-0.2, 0) is 10.0 Å². The standard InChI is InChI=1S/C17H14Cl2N4O3S2/c1-9-4-3-5-10(2)14(9)23-28(25,26)17-22-21-16(27-17)20-15(24)12-7-6-11(18)8-13(12)19/h3-8,23H,1-2H3,(H,20,21,24). The molecule has 0 spiro atoms. The zero-order valence-electron chi connectivity index (χ0n) is 14.7. The molecule has 0 saturated carbocycles. The summed E-state index contributed by atoms with van der Waals surface area (Å²) in [6.07, 6.45) is 0. The van der Waals surface area contributed by atoms with Crippen LogP contribution < -0.4 is 10.0 Å². The van der Waals surface area contributed by atoms with Crippen LogP contribution in [0.3, 0.4) is 0 Å². The zero-order chi connectivity index (χ0) is 20.5. The van der Waals surface area contributed by atoms with Crippen LogP contribution in [-0.4, -0.2) is 24.5 Å².